The predicted octanol–water partition coefficient (Wildman–Crippen LogP) is 2.66. The summed E-state index contributed by atoms with van der Waals surface area (Å²) >= 11 is 0. The third-order valence-corrected chi connectivity index (χ3v) is 5.12. The van der Waals surface area contributed by atoms with E-state index in [9.17, 15) is 13.2 Å². The molecule has 0 atom stereocenters. The summed E-state index contributed by atoms with van der Waals surface area (Å²) < 4.78 is 24.4. The topological polar surface area (TPSA) is 126 Å². The normalized spacial score (nSPS) is 11.1. The van der Waals surface area contributed by atoms with Gasteiger partial charge in [0, 0.05) is 23.5 Å². The number of rotatable bonds is 4. The average molecular weight is 380 g/mol. The molecule has 7 nitrogen and oxygen atoms in total. The van der Waals surface area contributed by atoms with Crippen molar-refractivity contribution in [3.8, 4) is 6.07 Å². The Kier molecular flexibility index (Phi) is 4.56. The minimum atomic E-state index is -3.53. The summed E-state index contributed by atoms with van der Waals surface area (Å²) in [5, 5.41) is 12.6. The summed E-state index contributed by atoms with van der Waals surface area (Å²) in [7, 11) is -3.53. The van der Waals surface area contributed by atoms with Crippen molar-refractivity contribution in [2.75, 3.05) is 11.6 Å². The van der Waals surface area contributed by atoms with Gasteiger partial charge in [-0.3, -0.25) is 9.78 Å². The van der Waals surface area contributed by atoms with E-state index in [1.54, 1.807) is 37.3 Å². The number of hydrogen-bond acceptors (Lipinski definition) is 6. The van der Waals surface area contributed by atoms with E-state index in [4.69, 9.17) is 11.0 Å². The number of pyridine rings is 1. The van der Waals surface area contributed by atoms with E-state index in [1.807, 2.05) is 6.07 Å². The van der Waals surface area contributed by atoms with E-state index in [-0.39, 0.29) is 16.0 Å². The van der Waals surface area contributed by atoms with Gasteiger partial charge in [0.1, 0.15) is 0 Å². The maximum absolute atomic E-state index is 12.2. The SMILES string of the molecule is Cc1cc(S(C)(=O)=O)c2ncc(C(N)=O)c(Nc3cccc(C#N)c3)c2c1. The molecule has 0 spiro atoms. The van der Waals surface area contributed by atoms with Gasteiger partial charge in [-0.25, -0.2) is 8.42 Å². The van der Waals surface area contributed by atoms with Crippen molar-refractivity contribution in [2.24, 2.45) is 5.73 Å². The van der Waals surface area contributed by atoms with Crippen LogP contribution in [0, 0.1) is 18.3 Å². The van der Waals surface area contributed by atoms with Crippen molar-refractivity contribution in [1.29, 1.82) is 5.26 Å². The van der Waals surface area contributed by atoms with Crippen LogP contribution in [0.1, 0.15) is 21.5 Å². The standard InChI is InChI=1S/C19H16N4O3S/c1-11-6-14-17(23-13-5-3-4-12(8-13)9-20)15(19(21)24)10-22-18(14)16(7-11)27(2,25)26/h3-8,10H,1-2H3,(H2,21,24)(H,22,23). The summed E-state index contributed by atoms with van der Waals surface area (Å²) in [6.07, 6.45) is 2.36. The fourth-order valence-electron chi connectivity index (χ4n) is 2.82. The molecular formula is C19H16N4O3S. The van der Waals surface area contributed by atoms with Crippen molar-refractivity contribution in [3.05, 3.63) is 59.3 Å². The molecule has 1 aromatic heterocycles. The lowest BCUT2D eigenvalue weighted by atomic mass is 10.1. The maximum Gasteiger partial charge on any atom is 0.252 e. The zero-order valence-electron chi connectivity index (χ0n) is 14.6. The van der Waals surface area contributed by atoms with Crippen LogP contribution in [0.4, 0.5) is 11.4 Å². The fourth-order valence-corrected chi connectivity index (χ4v) is 3.74. The van der Waals surface area contributed by atoms with Gasteiger partial charge in [-0.2, -0.15) is 5.26 Å². The molecule has 0 aliphatic carbocycles. The van der Waals surface area contributed by atoms with Crippen LogP contribution in [0.25, 0.3) is 10.9 Å². The molecule has 136 valence electrons. The summed E-state index contributed by atoms with van der Waals surface area (Å²) in [5.74, 6) is -0.703. The van der Waals surface area contributed by atoms with Gasteiger partial charge in [0.05, 0.1) is 33.3 Å². The number of aryl methyl sites for hydroxylation is 1. The van der Waals surface area contributed by atoms with Crippen molar-refractivity contribution >= 4 is 38.0 Å². The van der Waals surface area contributed by atoms with Gasteiger partial charge in [0.15, 0.2) is 9.84 Å². The van der Waals surface area contributed by atoms with Crippen molar-refractivity contribution in [3.63, 3.8) is 0 Å². The third-order valence-electron chi connectivity index (χ3n) is 4.01. The zero-order chi connectivity index (χ0) is 19.8. The van der Waals surface area contributed by atoms with E-state index in [1.165, 1.54) is 12.3 Å². The Morgan fingerprint density at radius 3 is 2.63 bits per heavy atom. The number of hydrogen-bond donors (Lipinski definition) is 2. The number of aromatic nitrogens is 1. The van der Waals surface area contributed by atoms with Gasteiger partial charge >= 0.3 is 0 Å². The molecule has 0 saturated heterocycles. The lowest BCUT2D eigenvalue weighted by Gasteiger charge is -2.15. The van der Waals surface area contributed by atoms with E-state index in [0.29, 0.717) is 27.9 Å². The number of fused-ring (bicyclic) bond motifs is 1. The fraction of sp³-hybridized carbons (Fsp3) is 0.105. The van der Waals surface area contributed by atoms with E-state index >= 15 is 0 Å². The maximum atomic E-state index is 12.2. The van der Waals surface area contributed by atoms with Gasteiger partial charge < -0.3 is 11.1 Å². The average Bonchev–Trinajstić information content (AvgIpc) is 2.60. The van der Waals surface area contributed by atoms with Gasteiger partial charge in [-0.1, -0.05) is 6.07 Å². The molecule has 0 fully saturated rings. The molecular weight excluding hydrogens is 364 g/mol. The first-order valence-electron chi connectivity index (χ1n) is 7.91. The zero-order valence-corrected chi connectivity index (χ0v) is 15.5. The second-order valence-corrected chi connectivity index (χ2v) is 8.14. The van der Waals surface area contributed by atoms with Crippen LogP contribution in [0.15, 0.2) is 47.5 Å². The third kappa shape index (κ3) is 3.59. The number of nitrogens with zero attached hydrogens (tertiary/aromatic N) is 2. The Bertz CT molecular complexity index is 1230. The first-order chi connectivity index (χ1) is 12.7. The molecule has 0 saturated carbocycles. The van der Waals surface area contributed by atoms with Gasteiger partial charge in [0.25, 0.3) is 5.91 Å². The molecule has 0 unspecified atom stereocenters. The Morgan fingerprint density at radius 2 is 2.00 bits per heavy atom. The predicted molar refractivity (Wildman–Crippen MR) is 103 cm³/mol. The van der Waals surface area contributed by atoms with E-state index < -0.39 is 15.7 Å². The number of amides is 1. The van der Waals surface area contributed by atoms with Crippen LogP contribution in [0.3, 0.4) is 0 Å². The number of carbonyl (C=O) groups is 1. The summed E-state index contributed by atoms with van der Waals surface area (Å²) in [4.78, 5) is 16.2. The number of benzene rings is 2. The van der Waals surface area contributed by atoms with E-state index in [2.05, 4.69) is 10.3 Å². The number of anilines is 2. The van der Waals surface area contributed by atoms with Gasteiger partial charge in [-0.05, 0) is 42.8 Å². The quantitative estimate of drug-likeness (QED) is 0.716. The van der Waals surface area contributed by atoms with Crippen LogP contribution in [-0.4, -0.2) is 25.6 Å². The molecule has 3 rings (SSSR count). The Hall–Kier alpha value is -3.44. The van der Waals surface area contributed by atoms with E-state index in [0.717, 1.165) is 6.26 Å². The second kappa shape index (κ2) is 6.70. The Labute approximate surface area is 156 Å². The first-order valence-corrected chi connectivity index (χ1v) is 9.80. The summed E-state index contributed by atoms with van der Waals surface area (Å²) in [6.45, 7) is 1.76. The first kappa shape index (κ1) is 18.4. The molecule has 0 radical (unpaired) electrons. The molecule has 3 N–H and O–H groups in total. The molecule has 3 aromatic rings. The molecule has 0 bridgehead atoms. The van der Waals surface area contributed by atoms with Crippen molar-refractivity contribution < 1.29 is 13.2 Å². The number of nitrogens with two attached hydrogens (primary N) is 1. The van der Waals surface area contributed by atoms with Crippen molar-refractivity contribution in [2.45, 2.75) is 11.8 Å². The van der Waals surface area contributed by atoms with Crippen LogP contribution >= 0.6 is 0 Å². The van der Waals surface area contributed by atoms with Gasteiger partial charge in [-0.15, -0.1) is 0 Å². The lowest BCUT2D eigenvalue weighted by Crippen LogP contribution is -2.14. The highest BCUT2D eigenvalue weighted by Crippen LogP contribution is 2.33. The molecule has 8 heteroatoms. The molecule has 1 amide bonds. The Balaban J connectivity index is 2.34. The highest BCUT2D eigenvalue weighted by molar-refractivity contribution is 7.91. The number of nitrogens with one attached hydrogen (secondary N) is 1. The monoisotopic (exact) mass is 380 g/mol. The summed E-state index contributed by atoms with van der Waals surface area (Å²) in [5.41, 5.74) is 7.89. The van der Waals surface area contributed by atoms with Crippen LogP contribution < -0.4 is 11.1 Å². The second-order valence-electron chi connectivity index (χ2n) is 6.16. The van der Waals surface area contributed by atoms with Crippen molar-refractivity contribution in [1.82, 2.24) is 4.98 Å². The molecule has 0 aliphatic heterocycles. The number of sulfone groups is 1. The molecule has 1 heterocycles. The lowest BCUT2D eigenvalue weighted by molar-refractivity contribution is 0.100. The smallest absolute Gasteiger partial charge is 0.252 e. The largest absolute Gasteiger partial charge is 0.365 e. The Morgan fingerprint density at radius 1 is 1.26 bits per heavy atom. The van der Waals surface area contributed by atoms with Crippen LogP contribution in [0.5, 0.6) is 0 Å². The minimum absolute atomic E-state index is 0.0716. The molecule has 0 aliphatic rings. The number of nitriles is 1. The molecule has 27 heavy (non-hydrogen) atoms. The highest BCUT2D eigenvalue weighted by atomic mass is 32.2. The minimum Gasteiger partial charge on any atom is -0.365 e. The van der Waals surface area contributed by atoms with Crippen LogP contribution in [0.2, 0.25) is 0 Å². The number of carbonyl (C=O) groups excluding carboxylic acids is 1. The van der Waals surface area contributed by atoms with Crippen LogP contribution in [-0.2, 0) is 9.84 Å². The molecule has 2 aromatic carbocycles. The highest BCUT2D eigenvalue weighted by Gasteiger charge is 2.20. The number of primary amides is 1. The van der Waals surface area contributed by atoms with Gasteiger partial charge in [0.2, 0.25) is 0 Å². The summed E-state index contributed by atoms with van der Waals surface area (Å²) in [6, 6.07) is 12.0.